The molecule has 8 N–H and O–H groups in total. The molecule has 0 bridgehead atoms. The zero-order valence-corrected chi connectivity index (χ0v) is 47.1. The molecule has 0 aromatic heterocycles. The summed E-state index contributed by atoms with van der Waals surface area (Å²) in [5.41, 5.74) is 0. The van der Waals surface area contributed by atoms with Crippen LogP contribution in [-0.4, -0.2) is 110 Å². The van der Waals surface area contributed by atoms with Crippen LogP contribution in [0.1, 0.15) is 284 Å². The smallest absolute Gasteiger partial charge is 0.249 e. The molecular weight excluding hydrogens is 919 g/mol. The number of ether oxygens (including phenoxy) is 2. The van der Waals surface area contributed by atoms with Crippen LogP contribution < -0.4 is 5.32 Å². The second-order valence-electron chi connectivity index (χ2n) is 21.8. The third-order valence-electron chi connectivity index (χ3n) is 14.9. The number of allylic oxidation sites excluding steroid dienone is 6. The van der Waals surface area contributed by atoms with E-state index in [0.717, 1.165) is 44.9 Å². The highest BCUT2D eigenvalue weighted by Crippen LogP contribution is 2.23. The van der Waals surface area contributed by atoms with Gasteiger partial charge in [0.25, 0.3) is 0 Å². The Kier molecular flexibility index (Phi) is 48.5. The van der Waals surface area contributed by atoms with Gasteiger partial charge in [0.1, 0.15) is 36.6 Å². The Balaban J connectivity index is 2.31. The standard InChI is InChI=1S/C62H117NO10/c1-3-5-7-9-11-13-15-17-19-21-23-24-25-26-27-28-29-30-32-33-35-37-39-41-43-45-47-49-54(65)57(67)53(52-72-62-60(70)59(69)58(68)56(51-64)73-62)63-61(71)55(66)50-48-46-44-42-40-38-36-34-31-22-20-18-16-14-12-10-8-6-4-2/h28-29,33,35,41,43,53-60,62,64-70H,3-27,30-32,34,36-40,42,44-52H2,1-2H3,(H,63,71)/b29-28+,35-33+,43-41+. The number of aliphatic hydroxyl groups excluding tert-OH is 7. The minimum absolute atomic E-state index is 0.243. The Morgan fingerprint density at radius 3 is 1.22 bits per heavy atom. The molecule has 11 heteroatoms. The van der Waals surface area contributed by atoms with Crippen LogP contribution >= 0.6 is 0 Å². The number of hydrogen-bond donors (Lipinski definition) is 8. The zero-order chi connectivity index (χ0) is 53.3. The van der Waals surface area contributed by atoms with E-state index in [1.165, 1.54) is 193 Å². The van der Waals surface area contributed by atoms with Gasteiger partial charge in [-0.3, -0.25) is 4.79 Å². The fourth-order valence-electron chi connectivity index (χ4n) is 9.89. The van der Waals surface area contributed by atoms with Crippen molar-refractivity contribution in [2.24, 2.45) is 0 Å². The van der Waals surface area contributed by atoms with Crippen molar-refractivity contribution in [1.82, 2.24) is 5.32 Å². The molecule has 73 heavy (non-hydrogen) atoms. The van der Waals surface area contributed by atoms with Gasteiger partial charge < -0.3 is 50.5 Å². The quantitative estimate of drug-likeness (QED) is 0.0215. The maximum Gasteiger partial charge on any atom is 0.249 e. The molecule has 0 aromatic carbocycles. The van der Waals surface area contributed by atoms with E-state index in [0.29, 0.717) is 19.3 Å². The lowest BCUT2D eigenvalue weighted by Crippen LogP contribution is -2.60. The molecular formula is C62H117NO10. The fraction of sp³-hybridized carbons (Fsp3) is 0.887. The van der Waals surface area contributed by atoms with Gasteiger partial charge in [-0.25, -0.2) is 0 Å². The van der Waals surface area contributed by atoms with Gasteiger partial charge in [-0.05, 0) is 64.2 Å². The summed E-state index contributed by atoms with van der Waals surface area (Å²) in [4.78, 5) is 13.2. The van der Waals surface area contributed by atoms with Crippen molar-refractivity contribution < 1.29 is 50.0 Å². The molecule has 1 rings (SSSR count). The largest absolute Gasteiger partial charge is 0.394 e. The van der Waals surface area contributed by atoms with Crippen molar-refractivity contribution >= 4 is 5.91 Å². The number of nitrogens with one attached hydrogen (secondary N) is 1. The molecule has 11 nitrogen and oxygen atoms in total. The predicted octanol–water partition coefficient (Wildman–Crippen LogP) is 13.5. The van der Waals surface area contributed by atoms with Gasteiger partial charge in [0.15, 0.2) is 6.29 Å². The lowest BCUT2D eigenvalue weighted by atomic mass is 9.98. The van der Waals surface area contributed by atoms with Crippen molar-refractivity contribution in [2.45, 2.75) is 339 Å². The van der Waals surface area contributed by atoms with Crippen LogP contribution in [0.25, 0.3) is 0 Å². The molecule has 9 atom stereocenters. The molecule has 1 heterocycles. The van der Waals surface area contributed by atoms with Crippen LogP contribution in [0.2, 0.25) is 0 Å². The van der Waals surface area contributed by atoms with E-state index in [4.69, 9.17) is 9.47 Å². The van der Waals surface area contributed by atoms with E-state index in [-0.39, 0.29) is 12.8 Å². The topological polar surface area (TPSA) is 189 Å². The number of carbonyl (C=O) groups excluding carboxylic acids is 1. The van der Waals surface area contributed by atoms with Crippen molar-refractivity contribution in [3.63, 3.8) is 0 Å². The van der Waals surface area contributed by atoms with E-state index in [1.807, 2.05) is 0 Å². The maximum absolute atomic E-state index is 13.2. The molecule has 0 aromatic rings. The first-order valence-corrected chi connectivity index (χ1v) is 30.9. The van der Waals surface area contributed by atoms with Crippen molar-refractivity contribution in [3.8, 4) is 0 Å². The monoisotopic (exact) mass is 1040 g/mol. The zero-order valence-electron chi connectivity index (χ0n) is 47.1. The van der Waals surface area contributed by atoms with Gasteiger partial charge in [0.05, 0.1) is 25.4 Å². The lowest BCUT2D eigenvalue weighted by Gasteiger charge is -2.40. The minimum Gasteiger partial charge on any atom is -0.394 e. The third kappa shape index (κ3) is 39.4. The average Bonchev–Trinajstić information content (AvgIpc) is 3.39. The van der Waals surface area contributed by atoms with Gasteiger partial charge in [-0.2, -0.15) is 0 Å². The summed E-state index contributed by atoms with van der Waals surface area (Å²) in [6.45, 7) is 3.47. The number of hydrogen-bond acceptors (Lipinski definition) is 10. The second kappa shape index (κ2) is 51.1. The molecule has 430 valence electrons. The molecule has 0 aliphatic carbocycles. The molecule has 1 fully saturated rings. The number of aliphatic hydroxyl groups is 7. The van der Waals surface area contributed by atoms with Crippen LogP contribution in [0.4, 0.5) is 0 Å². The predicted molar refractivity (Wildman–Crippen MR) is 302 cm³/mol. The van der Waals surface area contributed by atoms with Crippen LogP contribution in [0.5, 0.6) is 0 Å². The summed E-state index contributed by atoms with van der Waals surface area (Å²) >= 11 is 0. The Hall–Kier alpha value is -1.67. The average molecular weight is 1040 g/mol. The van der Waals surface area contributed by atoms with Gasteiger partial charge in [0.2, 0.25) is 5.91 Å². The first-order valence-electron chi connectivity index (χ1n) is 30.9. The summed E-state index contributed by atoms with van der Waals surface area (Å²) in [7, 11) is 0. The van der Waals surface area contributed by atoms with Crippen LogP contribution in [0, 0.1) is 0 Å². The second-order valence-corrected chi connectivity index (χ2v) is 21.8. The molecule has 1 aliphatic heterocycles. The molecule has 0 saturated carbocycles. The highest BCUT2D eigenvalue weighted by Gasteiger charge is 2.44. The van der Waals surface area contributed by atoms with E-state index in [2.05, 4.69) is 55.6 Å². The minimum atomic E-state index is -1.67. The molecule has 9 unspecified atom stereocenters. The first kappa shape index (κ1) is 69.3. The summed E-state index contributed by atoms with van der Waals surface area (Å²) in [6, 6.07) is -1.19. The van der Waals surface area contributed by atoms with Crippen molar-refractivity contribution in [3.05, 3.63) is 36.5 Å². The van der Waals surface area contributed by atoms with E-state index in [9.17, 15) is 40.5 Å². The summed E-state index contributed by atoms with van der Waals surface area (Å²) < 4.78 is 11.1. The summed E-state index contributed by atoms with van der Waals surface area (Å²) in [5.74, 6) is -0.708. The SMILES string of the molecule is CCCCCCCCCCCCCCCC/C=C/CC/C=C/CC/C=C/CCCC(O)C(O)C(COC1OC(CO)C(O)C(O)C1O)NC(=O)C(O)CCCCCCCCCCCCCCCCCCCCC. The van der Waals surface area contributed by atoms with E-state index >= 15 is 0 Å². The molecule has 1 aliphatic rings. The number of unbranched alkanes of at least 4 members (excludes halogenated alkanes) is 35. The van der Waals surface area contributed by atoms with Crippen molar-refractivity contribution in [2.75, 3.05) is 13.2 Å². The Morgan fingerprint density at radius 2 is 0.822 bits per heavy atom. The Labute approximate surface area is 447 Å². The number of carbonyl (C=O) groups is 1. The third-order valence-corrected chi connectivity index (χ3v) is 14.9. The lowest BCUT2D eigenvalue weighted by molar-refractivity contribution is -0.303. The van der Waals surface area contributed by atoms with Gasteiger partial charge >= 0.3 is 0 Å². The fourth-order valence-corrected chi connectivity index (χ4v) is 9.89. The first-order chi connectivity index (χ1) is 35.7. The molecule has 0 spiro atoms. The van der Waals surface area contributed by atoms with Crippen LogP contribution in [-0.2, 0) is 14.3 Å². The van der Waals surface area contributed by atoms with E-state index in [1.54, 1.807) is 0 Å². The molecule has 0 radical (unpaired) electrons. The molecule has 1 saturated heterocycles. The van der Waals surface area contributed by atoms with Crippen molar-refractivity contribution in [1.29, 1.82) is 0 Å². The summed E-state index contributed by atoms with van der Waals surface area (Å²) in [6.07, 6.45) is 52.1. The van der Waals surface area contributed by atoms with Gasteiger partial charge in [-0.15, -0.1) is 0 Å². The highest BCUT2D eigenvalue weighted by atomic mass is 16.7. The Morgan fingerprint density at radius 1 is 0.466 bits per heavy atom. The molecule has 1 amide bonds. The highest BCUT2D eigenvalue weighted by molar-refractivity contribution is 5.80. The van der Waals surface area contributed by atoms with Crippen LogP contribution in [0.15, 0.2) is 36.5 Å². The number of amides is 1. The van der Waals surface area contributed by atoms with Gasteiger partial charge in [-0.1, -0.05) is 256 Å². The summed E-state index contributed by atoms with van der Waals surface area (Å²) in [5, 5.41) is 76.2. The van der Waals surface area contributed by atoms with E-state index < -0.39 is 74.2 Å². The normalized spacial score (nSPS) is 20.2. The maximum atomic E-state index is 13.2. The Bertz CT molecular complexity index is 1280. The van der Waals surface area contributed by atoms with Crippen LogP contribution in [0.3, 0.4) is 0 Å². The van der Waals surface area contributed by atoms with Gasteiger partial charge in [0, 0.05) is 0 Å². The number of rotatable bonds is 53.